The number of β-amino-alcohol motifs (C(OH)–C–C–N with tert-alkyl or cyclic N) is 1. The van der Waals surface area contributed by atoms with Crippen molar-refractivity contribution in [3.05, 3.63) is 28.3 Å². The fourth-order valence-corrected chi connectivity index (χ4v) is 2.24. The molecule has 1 aromatic carbocycles. The van der Waals surface area contributed by atoms with E-state index in [1.165, 1.54) is 0 Å². The van der Waals surface area contributed by atoms with Crippen LogP contribution in [0.15, 0.2) is 18.2 Å². The summed E-state index contributed by atoms with van der Waals surface area (Å²) in [5.74, 6) is 0.268. The maximum atomic E-state index is 11.3. The Morgan fingerprint density at radius 2 is 2.11 bits per heavy atom. The van der Waals surface area contributed by atoms with Gasteiger partial charge in [0.1, 0.15) is 5.69 Å². The van der Waals surface area contributed by atoms with E-state index in [0.29, 0.717) is 18.8 Å². The average molecular weight is 266 g/mol. The van der Waals surface area contributed by atoms with Gasteiger partial charge in [-0.25, -0.2) is 0 Å². The molecule has 1 aliphatic rings. The summed E-state index contributed by atoms with van der Waals surface area (Å²) in [6.45, 7) is 6.14. The molecule has 0 saturated carbocycles. The number of benzene rings is 1. The molecule has 0 amide bonds. The Hall–Kier alpha value is -1.82. The van der Waals surface area contributed by atoms with E-state index in [9.17, 15) is 15.2 Å². The van der Waals surface area contributed by atoms with Crippen molar-refractivity contribution in [2.75, 3.05) is 18.0 Å². The maximum Gasteiger partial charge on any atom is 0.333 e. The minimum atomic E-state index is -0.775. The second-order valence-electron chi connectivity index (χ2n) is 5.40. The van der Waals surface area contributed by atoms with E-state index in [2.05, 4.69) is 0 Å². The first-order valence-electron chi connectivity index (χ1n) is 6.21. The lowest BCUT2D eigenvalue weighted by molar-refractivity contribution is -0.385. The lowest BCUT2D eigenvalue weighted by Gasteiger charge is -2.45. The van der Waals surface area contributed by atoms with Crippen LogP contribution in [0.1, 0.15) is 20.8 Å². The number of ether oxygens (including phenoxy) is 1. The van der Waals surface area contributed by atoms with Crippen molar-refractivity contribution in [3.8, 4) is 5.75 Å². The number of nitro benzene ring substituents is 1. The van der Waals surface area contributed by atoms with Crippen LogP contribution in [0.5, 0.6) is 5.75 Å². The average Bonchev–Trinajstić information content (AvgIpc) is 2.24. The van der Waals surface area contributed by atoms with Crippen molar-refractivity contribution in [1.82, 2.24) is 0 Å². The molecular formula is C13H18N2O4. The molecule has 1 fully saturated rings. The van der Waals surface area contributed by atoms with E-state index >= 15 is 0 Å². The minimum Gasteiger partial charge on any atom is -0.484 e. The Kier molecular flexibility index (Phi) is 3.36. The Labute approximate surface area is 111 Å². The molecule has 6 heteroatoms. The van der Waals surface area contributed by atoms with Gasteiger partial charge in [-0.15, -0.1) is 0 Å². The molecule has 1 heterocycles. The minimum absolute atomic E-state index is 0.0355. The zero-order valence-corrected chi connectivity index (χ0v) is 11.3. The van der Waals surface area contributed by atoms with Crippen molar-refractivity contribution >= 4 is 11.4 Å². The molecule has 2 rings (SSSR count). The fraction of sp³-hybridized carbons (Fsp3) is 0.538. The van der Waals surface area contributed by atoms with Crippen LogP contribution in [0.3, 0.4) is 0 Å². The Morgan fingerprint density at radius 3 is 2.58 bits per heavy atom. The number of para-hydroxylation sites is 1. The molecule has 19 heavy (non-hydrogen) atoms. The predicted molar refractivity (Wildman–Crippen MR) is 71.7 cm³/mol. The smallest absolute Gasteiger partial charge is 0.333 e. The molecule has 0 aliphatic carbocycles. The summed E-state index contributed by atoms with van der Waals surface area (Å²) >= 11 is 0. The van der Waals surface area contributed by atoms with Crippen LogP contribution in [0.2, 0.25) is 0 Å². The van der Waals surface area contributed by atoms with Crippen molar-refractivity contribution in [2.45, 2.75) is 32.5 Å². The molecule has 104 valence electrons. The summed E-state index contributed by atoms with van der Waals surface area (Å²) in [6.07, 6.45) is -0.131. The van der Waals surface area contributed by atoms with Crippen molar-refractivity contribution in [3.63, 3.8) is 0 Å². The quantitative estimate of drug-likeness (QED) is 0.666. The molecule has 0 aromatic heterocycles. The summed E-state index contributed by atoms with van der Waals surface area (Å²) < 4.78 is 5.49. The van der Waals surface area contributed by atoms with Crippen LogP contribution < -0.4 is 9.64 Å². The van der Waals surface area contributed by atoms with Gasteiger partial charge in [0, 0.05) is 13.1 Å². The van der Waals surface area contributed by atoms with Gasteiger partial charge < -0.3 is 14.7 Å². The molecule has 0 bridgehead atoms. The van der Waals surface area contributed by atoms with Crippen LogP contribution in [0.4, 0.5) is 11.4 Å². The van der Waals surface area contributed by atoms with Crippen LogP contribution in [-0.4, -0.2) is 34.8 Å². The predicted octanol–water partition coefficient (Wildman–Crippen LogP) is 1.95. The van der Waals surface area contributed by atoms with E-state index in [0.717, 1.165) is 0 Å². The molecule has 1 N–H and O–H groups in total. The highest BCUT2D eigenvalue weighted by Gasteiger charge is 2.40. The van der Waals surface area contributed by atoms with E-state index in [1.54, 1.807) is 30.0 Å². The first-order chi connectivity index (χ1) is 8.80. The van der Waals surface area contributed by atoms with Crippen LogP contribution in [-0.2, 0) is 0 Å². The van der Waals surface area contributed by atoms with Crippen LogP contribution in [0.25, 0.3) is 0 Å². The van der Waals surface area contributed by atoms with Gasteiger partial charge in [-0.1, -0.05) is 6.07 Å². The van der Waals surface area contributed by atoms with Gasteiger partial charge in [-0.05, 0) is 32.9 Å². The monoisotopic (exact) mass is 266 g/mol. The Bertz CT molecular complexity index is 491. The maximum absolute atomic E-state index is 11.3. The number of nitrogens with zero attached hydrogens (tertiary/aromatic N) is 2. The van der Waals surface area contributed by atoms with Gasteiger partial charge in [0.25, 0.3) is 0 Å². The molecule has 0 atom stereocenters. The summed E-state index contributed by atoms with van der Waals surface area (Å²) in [6, 6.07) is 5.01. The third-order valence-corrected chi connectivity index (χ3v) is 2.93. The lowest BCUT2D eigenvalue weighted by Crippen LogP contribution is -2.60. The largest absolute Gasteiger partial charge is 0.484 e. The summed E-state index contributed by atoms with van der Waals surface area (Å²) in [7, 11) is 0. The second kappa shape index (κ2) is 4.70. The lowest BCUT2D eigenvalue weighted by atomic mass is 9.95. The first-order valence-corrected chi connectivity index (χ1v) is 6.21. The number of hydrogen-bond donors (Lipinski definition) is 1. The molecule has 0 unspecified atom stereocenters. The molecule has 0 spiro atoms. The molecule has 1 aliphatic heterocycles. The molecule has 1 saturated heterocycles. The summed E-state index contributed by atoms with van der Waals surface area (Å²) in [4.78, 5) is 12.6. The zero-order valence-electron chi connectivity index (χ0n) is 11.3. The standard InChI is InChI=1S/C13H18N2O4/c1-9(2)19-11-6-4-5-10(12(11)15(17)18)14-7-13(3,16)8-14/h4-6,9,16H,7-8H2,1-3H3. The van der Waals surface area contributed by atoms with Crippen molar-refractivity contribution in [2.24, 2.45) is 0 Å². The molecule has 0 radical (unpaired) electrons. The number of anilines is 1. The Balaban J connectivity index is 2.35. The van der Waals surface area contributed by atoms with Crippen molar-refractivity contribution < 1.29 is 14.8 Å². The number of rotatable bonds is 4. The number of nitro groups is 1. The van der Waals surface area contributed by atoms with Gasteiger partial charge in [0.05, 0.1) is 16.6 Å². The number of hydrogen-bond acceptors (Lipinski definition) is 5. The third-order valence-electron chi connectivity index (χ3n) is 2.93. The van der Waals surface area contributed by atoms with Gasteiger partial charge in [0.15, 0.2) is 5.75 Å². The van der Waals surface area contributed by atoms with Crippen molar-refractivity contribution in [1.29, 1.82) is 0 Å². The summed E-state index contributed by atoms with van der Waals surface area (Å²) in [5, 5.41) is 21.0. The number of aliphatic hydroxyl groups is 1. The second-order valence-corrected chi connectivity index (χ2v) is 5.40. The summed E-state index contributed by atoms with van der Waals surface area (Å²) in [5.41, 5.74) is -0.315. The van der Waals surface area contributed by atoms with Gasteiger partial charge >= 0.3 is 5.69 Å². The topological polar surface area (TPSA) is 75.8 Å². The zero-order chi connectivity index (χ0) is 14.2. The van der Waals surface area contributed by atoms with Gasteiger partial charge in [0.2, 0.25) is 0 Å². The molecular weight excluding hydrogens is 248 g/mol. The SMILES string of the molecule is CC(C)Oc1cccc(N2CC(C)(O)C2)c1[N+](=O)[O-]. The highest BCUT2D eigenvalue weighted by Crippen LogP contribution is 2.40. The van der Waals surface area contributed by atoms with Gasteiger partial charge in [-0.2, -0.15) is 0 Å². The van der Waals surface area contributed by atoms with E-state index < -0.39 is 10.5 Å². The van der Waals surface area contributed by atoms with E-state index in [1.807, 2.05) is 13.8 Å². The van der Waals surface area contributed by atoms with Crippen LogP contribution in [0, 0.1) is 10.1 Å². The van der Waals surface area contributed by atoms with E-state index in [-0.39, 0.29) is 17.5 Å². The highest BCUT2D eigenvalue weighted by atomic mass is 16.6. The normalized spacial score (nSPS) is 17.2. The fourth-order valence-electron chi connectivity index (χ4n) is 2.24. The van der Waals surface area contributed by atoms with E-state index in [4.69, 9.17) is 4.74 Å². The van der Waals surface area contributed by atoms with Crippen LogP contribution >= 0.6 is 0 Å². The first kappa shape index (κ1) is 13.6. The van der Waals surface area contributed by atoms with Gasteiger partial charge in [-0.3, -0.25) is 10.1 Å². The highest BCUT2D eigenvalue weighted by molar-refractivity contribution is 5.71. The molecule has 6 nitrogen and oxygen atoms in total. The third kappa shape index (κ3) is 2.78. The Morgan fingerprint density at radius 1 is 1.47 bits per heavy atom. The molecule has 1 aromatic rings.